The number of esters is 1. The third-order valence-electron chi connectivity index (χ3n) is 4.92. The standard InChI is InChI=1S/C21H22ClNO3/c22-18-10-8-17(9-11-18)21(12-4-5-13-21)20(25)23-14-19(24)26-15-16-6-2-1-3-7-16/h1-3,6-11H,4-5,12-15H2,(H,23,25). The number of hydrogen-bond donors (Lipinski definition) is 1. The largest absolute Gasteiger partial charge is 0.460 e. The van der Waals surface area contributed by atoms with Crippen molar-refractivity contribution in [2.24, 2.45) is 0 Å². The Bertz CT molecular complexity index is 753. The molecule has 0 aromatic heterocycles. The summed E-state index contributed by atoms with van der Waals surface area (Å²) in [5, 5.41) is 3.41. The van der Waals surface area contributed by atoms with Crippen molar-refractivity contribution in [3.63, 3.8) is 0 Å². The van der Waals surface area contributed by atoms with Crippen molar-refractivity contribution in [1.82, 2.24) is 5.32 Å². The molecule has 1 amide bonds. The molecule has 0 radical (unpaired) electrons. The van der Waals surface area contributed by atoms with Gasteiger partial charge in [0, 0.05) is 5.02 Å². The Morgan fingerprint density at radius 2 is 1.65 bits per heavy atom. The summed E-state index contributed by atoms with van der Waals surface area (Å²) in [6, 6.07) is 16.9. The van der Waals surface area contributed by atoms with E-state index in [-0.39, 0.29) is 19.1 Å². The Balaban J connectivity index is 1.58. The number of nitrogens with one attached hydrogen (secondary N) is 1. The monoisotopic (exact) mass is 371 g/mol. The zero-order chi connectivity index (χ0) is 18.4. The molecule has 0 aliphatic heterocycles. The van der Waals surface area contributed by atoms with Gasteiger partial charge in [-0.05, 0) is 36.1 Å². The van der Waals surface area contributed by atoms with Crippen LogP contribution in [0.1, 0.15) is 36.8 Å². The molecular weight excluding hydrogens is 350 g/mol. The van der Waals surface area contributed by atoms with Crippen LogP contribution in [0, 0.1) is 0 Å². The second-order valence-corrected chi connectivity index (χ2v) is 7.06. The van der Waals surface area contributed by atoms with Crippen LogP contribution in [-0.2, 0) is 26.3 Å². The lowest BCUT2D eigenvalue weighted by Gasteiger charge is -2.28. The third kappa shape index (κ3) is 4.25. The van der Waals surface area contributed by atoms with Gasteiger partial charge in [0.1, 0.15) is 13.2 Å². The SMILES string of the molecule is O=C(CNC(=O)C1(c2ccc(Cl)cc2)CCCC1)OCc1ccccc1. The van der Waals surface area contributed by atoms with E-state index in [1.807, 2.05) is 42.5 Å². The molecule has 3 rings (SSSR count). The maximum atomic E-state index is 12.9. The highest BCUT2D eigenvalue weighted by atomic mass is 35.5. The molecule has 136 valence electrons. The Labute approximate surface area is 158 Å². The number of amides is 1. The summed E-state index contributed by atoms with van der Waals surface area (Å²) in [6.45, 7) is 0.0822. The number of carbonyl (C=O) groups is 2. The van der Waals surface area contributed by atoms with Crippen molar-refractivity contribution in [1.29, 1.82) is 0 Å². The number of rotatable bonds is 6. The topological polar surface area (TPSA) is 55.4 Å². The van der Waals surface area contributed by atoms with E-state index in [0.717, 1.165) is 36.8 Å². The summed E-state index contributed by atoms with van der Waals surface area (Å²) in [7, 11) is 0. The molecule has 4 nitrogen and oxygen atoms in total. The predicted molar refractivity (Wildman–Crippen MR) is 101 cm³/mol. The van der Waals surface area contributed by atoms with Crippen LogP contribution in [0.4, 0.5) is 0 Å². The van der Waals surface area contributed by atoms with Gasteiger partial charge >= 0.3 is 5.97 Å². The maximum Gasteiger partial charge on any atom is 0.325 e. The maximum absolute atomic E-state index is 12.9. The highest BCUT2D eigenvalue weighted by Crippen LogP contribution is 2.41. The first-order valence-corrected chi connectivity index (χ1v) is 9.22. The van der Waals surface area contributed by atoms with E-state index in [4.69, 9.17) is 16.3 Å². The van der Waals surface area contributed by atoms with Crippen molar-refractivity contribution in [2.45, 2.75) is 37.7 Å². The van der Waals surface area contributed by atoms with Crippen LogP contribution in [0.2, 0.25) is 5.02 Å². The van der Waals surface area contributed by atoms with Gasteiger partial charge in [-0.15, -0.1) is 0 Å². The molecule has 1 N–H and O–H groups in total. The molecule has 1 aliphatic rings. The molecule has 0 atom stereocenters. The number of hydrogen-bond acceptors (Lipinski definition) is 3. The molecule has 26 heavy (non-hydrogen) atoms. The van der Waals surface area contributed by atoms with E-state index >= 15 is 0 Å². The fourth-order valence-corrected chi connectivity index (χ4v) is 3.63. The molecule has 1 aliphatic carbocycles. The second-order valence-electron chi connectivity index (χ2n) is 6.63. The van der Waals surface area contributed by atoms with Crippen LogP contribution < -0.4 is 5.32 Å². The molecule has 0 bridgehead atoms. The lowest BCUT2D eigenvalue weighted by atomic mass is 9.78. The van der Waals surface area contributed by atoms with E-state index in [9.17, 15) is 9.59 Å². The zero-order valence-electron chi connectivity index (χ0n) is 14.5. The molecule has 1 fully saturated rings. The number of halogens is 1. The van der Waals surface area contributed by atoms with Gasteiger partial charge in [-0.2, -0.15) is 0 Å². The van der Waals surface area contributed by atoms with Crippen molar-refractivity contribution in [3.8, 4) is 0 Å². The van der Waals surface area contributed by atoms with Gasteiger partial charge in [-0.1, -0.05) is 66.9 Å². The normalized spacial score (nSPS) is 15.4. The van der Waals surface area contributed by atoms with Gasteiger partial charge < -0.3 is 10.1 Å². The highest BCUT2D eigenvalue weighted by Gasteiger charge is 2.42. The highest BCUT2D eigenvalue weighted by molar-refractivity contribution is 6.30. The smallest absolute Gasteiger partial charge is 0.325 e. The van der Waals surface area contributed by atoms with E-state index in [0.29, 0.717) is 5.02 Å². The number of ether oxygens (including phenoxy) is 1. The van der Waals surface area contributed by atoms with Crippen LogP contribution in [0.15, 0.2) is 54.6 Å². The summed E-state index contributed by atoms with van der Waals surface area (Å²) in [6.07, 6.45) is 3.54. The molecule has 2 aromatic carbocycles. The van der Waals surface area contributed by atoms with Crippen molar-refractivity contribution in [3.05, 3.63) is 70.7 Å². The molecule has 0 saturated heterocycles. The summed E-state index contributed by atoms with van der Waals surface area (Å²) >= 11 is 5.97. The lowest BCUT2D eigenvalue weighted by Crippen LogP contribution is -2.44. The average Bonchev–Trinajstić information content (AvgIpc) is 3.17. The first kappa shape index (κ1) is 18.5. The van der Waals surface area contributed by atoms with Crippen LogP contribution in [0.3, 0.4) is 0 Å². The zero-order valence-corrected chi connectivity index (χ0v) is 15.3. The number of benzene rings is 2. The van der Waals surface area contributed by atoms with Gasteiger partial charge in [0.2, 0.25) is 5.91 Å². The van der Waals surface area contributed by atoms with Crippen molar-refractivity contribution < 1.29 is 14.3 Å². The van der Waals surface area contributed by atoms with Crippen LogP contribution in [-0.4, -0.2) is 18.4 Å². The lowest BCUT2D eigenvalue weighted by molar-refractivity contribution is -0.145. The minimum Gasteiger partial charge on any atom is -0.460 e. The van der Waals surface area contributed by atoms with Gasteiger partial charge in [0.15, 0.2) is 0 Å². The van der Waals surface area contributed by atoms with Crippen LogP contribution in [0.5, 0.6) is 0 Å². The molecular formula is C21H22ClNO3. The summed E-state index contributed by atoms with van der Waals surface area (Å²) < 4.78 is 5.22. The second kappa shape index (κ2) is 8.37. The summed E-state index contributed by atoms with van der Waals surface area (Å²) in [5.41, 5.74) is 1.29. The molecule has 5 heteroatoms. The van der Waals surface area contributed by atoms with Crippen molar-refractivity contribution >= 4 is 23.5 Å². The van der Waals surface area contributed by atoms with Gasteiger partial charge in [0.05, 0.1) is 5.41 Å². The predicted octanol–water partition coefficient (Wildman–Crippen LogP) is 4.01. The van der Waals surface area contributed by atoms with Gasteiger partial charge in [0.25, 0.3) is 0 Å². The summed E-state index contributed by atoms with van der Waals surface area (Å²) in [5.74, 6) is -0.555. The Hall–Kier alpha value is -2.33. The average molecular weight is 372 g/mol. The molecule has 0 unspecified atom stereocenters. The third-order valence-corrected chi connectivity index (χ3v) is 5.18. The summed E-state index contributed by atoms with van der Waals surface area (Å²) in [4.78, 5) is 24.8. The molecule has 2 aromatic rings. The van der Waals surface area contributed by atoms with Crippen LogP contribution in [0.25, 0.3) is 0 Å². The Kier molecular flexibility index (Phi) is 5.94. The fourth-order valence-electron chi connectivity index (χ4n) is 3.51. The van der Waals surface area contributed by atoms with E-state index in [2.05, 4.69) is 5.32 Å². The molecule has 0 heterocycles. The molecule has 0 spiro atoms. The van der Waals surface area contributed by atoms with E-state index in [1.54, 1.807) is 12.1 Å². The fraction of sp³-hybridized carbons (Fsp3) is 0.333. The van der Waals surface area contributed by atoms with Crippen LogP contribution >= 0.6 is 11.6 Å². The minimum atomic E-state index is -0.579. The molecule has 1 saturated carbocycles. The minimum absolute atomic E-state index is 0.117. The van der Waals surface area contributed by atoms with E-state index < -0.39 is 11.4 Å². The van der Waals surface area contributed by atoms with Crippen molar-refractivity contribution in [2.75, 3.05) is 6.54 Å². The number of carbonyl (C=O) groups excluding carboxylic acids is 2. The van der Waals surface area contributed by atoms with E-state index in [1.165, 1.54) is 0 Å². The quantitative estimate of drug-likeness (QED) is 0.780. The first-order chi connectivity index (χ1) is 12.6. The Morgan fingerprint density at radius 1 is 1.00 bits per heavy atom. The Morgan fingerprint density at radius 3 is 2.31 bits per heavy atom. The van der Waals surface area contributed by atoms with Gasteiger partial charge in [-0.3, -0.25) is 9.59 Å². The van der Waals surface area contributed by atoms with Gasteiger partial charge in [-0.25, -0.2) is 0 Å². The first-order valence-electron chi connectivity index (χ1n) is 8.84.